The molecule has 0 atom stereocenters. The summed E-state index contributed by atoms with van der Waals surface area (Å²) in [7, 11) is 1.54. The quantitative estimate of drug-likeness (QED) is 0.679. The third-order valence-electron chi connectivity index (χ3n) is 3.84. The molecule has 0 aliphatic heterocycles. The highest BCUT2D eigenvalue weighted by Crippen LogP contribution is 2.17. The summed E-state index contributed by atoms with van der Waals surface area (Å²) < 4.78 is 5.09. The summed E-state index contributed by atoms with van der Waals surface area (Å²) in [5, 5.41) is 5.93. The van der Waals surface area contributed by atoms with Crippen LogP contribution in [0.1, 0.15) is 20.7 Å². The summed E-state index contributed by atoms with van der Waals surface area (Å²) in [6, 6.07) is 15.2. The average Bonchev–Trinajstić information content (AvgIpc) is 2.71. The molecule has 0 unspecified atom stereocenters. The molecule has 2 aromatic carbocycles. The van der Waals surface area contributed by atoms with Crippen LogP contribution in [0.3, 0.4) is 0 Å². The van der Waals surface area contributed by atoms with E-state index >= 15 is 0 Å². The number of carbonyl (C=O) groups is 3. The van der Waals surface area contributed by atoms with E-state index in [0.29, 0.717) is 22.3 Å². The number of amides is 2. The molecule has 0 spiro atoms. The topological polar surface area (TPSA) is 97.4 Å². The second kappa shape index (κ2) is 8.09. The van der Waals surface area contributed by atoms with E-state index in [1.165, 1.54) is 7.05 Å². The third-order valence-corrected chi connectivity index (χ3v) is 3.84. The van der Waals surface area contributed by atoms with Crippen molar-refractivity contribution in [3.8, 4) is 0 Å². The van der Waals surface area contributed by atoms with Gasteiger partial charge in [-0.1, -0.05) is 18.2 Å². The van der Waals surface area contributed by atoms with Crippen LogP contribution >= 0.6 is 0 Å². The summed E-state index contributed by atoms with van der Waals surface area (Å²) in [5.41, 5.74) is 1.80. The van der Waals surface area contributed by atoms with Crippen molar-refractivity contribution in [1.29, 1.82) is 0 Å². The Bertz CT molecular complexity index is 994. The molecule has 0 radical (unpaired) electrons. The number of nitrogens with one attached hydrogen (secondary N) is 2. The van der Waals surface area contributed by atoms with Crippen LogP contribution in [0.4, 0.5) is 5.69 Å². The Balaban J connectivity index is 1.60. The van der Waals surface area contributed by atoms with Crippen molar-refractivity contribution < 1.29 is 19.1 Å². The number of benzene rings is 2. The molecule has 0 saturated heterocycles. The zero-order valence-electron chi connectivity index (χ0n) is 14.6. The predicted octanol–water partition coefficient (Wildman–Crippen LogP) is 2.39. The molecule has 0 aliphatic rings. The number of fused-ring (bicyclic) bond motifs is 1. The Kier molecular flexibility index (Phi) is 5.41. The number of esters is 1. The largest absolute Gasteiger partial charge is 0.452 e. The molecule has 0 saturated carbocycles. The highest BCUT2D eigenvalue weighted by molar-refractivity contribution is 6.03. The first kappa shape index (κ1) is 18.1. The van der Waals surface area contributed by atoms with E-state index in [1.807, 2.05) is 12.1 Å². The second-order valence-electron chi connectivity index (χ2n) is 5.66. The average molecular weight is 363 g/mol. The van der Waals surface area contributed by atoms with Crippen molar-refractivity contribution in [2.24, 2.45) is 0 Å². The molecule has 27 heavy (non-hydrogen) atoms. The zero-order valence-corrected chi connectivity index (χ0v) is 14.6. The maximum atomic E-state index is 12.3. The van der Waals surface area contributed by atoms with E-state index in [4.69, 9.17) is 4.74 Å². The number of anilines is 1. The molecular weight excluding hydrogens is 346 g/mol. The lowest BCUT2D eigenvalue weighted by molar-refractivity contribution is -0.119. The molecule has 0 aliphatic carbocycles. The summed E-state index contributed by atoms with van der Waals surface area (Å²) >= 11 is 0. The zero-order chi connectivity index (χ0) is 19.2. The van der Waals surface area contributed by atoms with Gasteiger partial charge in [0.15, 0.2) is 6.61 Å². The van der Waals surface area contributed by atoms with Gasteiger partial charge in [-0.25, -0.2) is 4.79 Å². The van der Waals surface area contributed by atoms with Crippen molar-refractivity contribution in [3.63, 3.8) is 0 Å². The molecule has 2 amide bonds. The van der Waals surface area contributed by atoms with Crippen molar-refractivity contribution in [2.45, 2.75) is 0 Å². The lowest BCUT2D eigenvalue weighted by atomic mass is 10.1. The van der Waals surface area contributed by atoms with Crippen LogP contribution in [0.5, 0.6) is 0 Å². The fourth-order valence-electron chi connectivity index (χ4n) is 2.52. The van der Waals surface area contributed by atoms with E-state index in [9.17, 15) is 14.4 Å². The normalized spacial score (nSPS) is 10.3. The number of nitrogens with zero attached hydrogens (tertiary/aromatic N) is 1. The van der Waals surface area contributed by atoms with E-state index in [1.54, 1.807) is 48.7 Å². The van der Waals surface area contributed by atoms with Crippen LogP contribution in [-0.2, 0) is 9.53 Å². The Morgan fingerprint density at radius 1 is 1.00 bits per heavy atom. The first-order chi connectivity index (χ1) is 13.1. The van der Waals surface area contributed by atoms with Gasteiger partial charge in [-0.05, 0) is 36.4 Å². The van der Waals surface area contributed by atoms with Gasteiger partial charge in [-0.15, -0.1) is 0 Å². The smallest absolute Gasteiger partial charge is 0.340 e. The molecule has 7 heteroatoms. The van der Waals surface area contributed by atoms with E-state index in [0.717, 1.165) is 5.39 Å². The van der Waals surface area contributed by atoms with Crippen molar-refractivity contribution in [3.05, 3.63) is 71.9 Å². The SMILES string of the molecule is CNC(=O)c1ccc(NC(=O)COC(=O)c2cccc3cccnc23)cc1. The van der Waals surface area contributed by atoms with Gasteiger partial charge in [-0.2, -0.15) is 0 Å². The molecule has 3 aromatic rings. The van der Waals surface area contributed by atoms with Gasteiger partial charge < -0.3 is 15.4 Å². The second-order valence-corrected chi connectivity index (χ2v) is 5.66. The van der Waals surface area contributed by atoms with Gasteiger partial charge in [0.2, 0.25) is 0 Å². The van der Waals surface area contributed by atoms with Crippen LogP contribution in [0, 0.1) is 0 Å². The monoisotopic (exact) mass is 363 g/mol. The lowest BCUT2D eigenvalue weighted by Gasteiger charge is -2.08. The number of hydrogen-bond acceptors (Lipinski definition) is 5. The van der Waals surface area contributed by atoms with Crippen molar-refractivity contribution in [2.75, 3.05) is 19.0 Å². The van der Waals surface area contributed by atoms with Crippen molar-refractivity contribution in [1.82, 2.24) is 10.3 Å². The number of carbonyl (C=O) groups excluding carboxylic acids is 3. The Hall–Kier alpha value is -3.74. The minimum absolute atomic E-state index is 0.217. The molecule has 0 fully saturated rings. The minimum atomic E-state index is -0.621. The van der Waals surface area contributed by atoms with E-state index < -0.39 is 18.5 Å². The number of ether oxygens (including phenoxy) is 1. The molecule has 3 rings (SSSR count). The minimum Gasteiger partial charge on any atom is -0.452 e. The molecule has 1 heterocycles. The molecule has 136 valence electrons. The van der Waals surface area contributed by atoms with Crippen LogP contribution in [-0.4, -0.2) is 36.4 Å². The lowest BCUT2D eigenvalue weighted by Crippen LogP contribution is -2.21. The Labute approximate surface area is 155 Å². The van der Waals surface area contributed by atoms with Gasteiger partial charge in [0.1, 0.15) is 0 Å². The molecule has 7 nitrogen and oxygen atoms in total. The predicted molar refractivity (Wildman–Crippen MR) is 100 cm³/mol. The highest BCUT2D eigenvalue weighted by atomic mass is 16.5. The maximum Gasteiger partial charge on any atom is 0.340 e. The summed E-state index contributed by atoms with van der Waals surface area (Å²) in [4.78, 5) is 40.0. The number of hydrogen-bond donors (Lipinski definition) is 2. The number of pyridine rings is 1. The van der Waals surface area contributed by atoms with Gasteiger partial charge >= 0.3 is 5.97 Å². The van der Waals surface area contributed by atoms with Crippen LogP contribution < -0.4 is 10.6 Å². The summed E-state index contributed by atoms with van der Waals surface area (Å²) in [6.07, 6.45) is 1.59. The fourth-order valence-corrected chi connectivity index (χ4v) is 2.52. The first-order valence-electron chi connectivity index (χ1n) is 8.21. The fraction of sp³-hybridized carbons (Fsp3) is 0.100. The van der Waals surface area contributed by atoms with Gasteiger partial charge in [0.25, 0.3) is 11.8 Å². The maximum absolute atomic E-state index is 12.3. The first-order valence-corrected chi connectivity index (χ1v) is 8.21. The summed E-state index contributed by atoms with van der Waals surface area (Å²) in [5.74, 6) is -1.32. The van der Waals surface area contributed by atoms with Crippen molar-refractivity contribution >= 4 is 34.4 Å². The summed E-state index contributed by atoms with van der Waals surface area (Å²) in [6.45, 7) is -0.431. The number of para-hydroxylation sites is 1. The van der Waals surface area contributed by atoms with E-state index in [2.05, 4.69) is 15.6 Å². The number of aromatic nitrogens is 1. The molecule has 2 N–H and O–H groups in total. The number of rotatable bonds is 5. The third kappa shape index (κ3) is 4.27. The Morgan fingerprint density at radius 3 is 2.48 bits per heavy atom. The molecule has 1 aromatic heterocycles. The Morgan fingerprint density at radius 2 is 1.74 bits per heavy atom. The van der Waals surface area contributed by atoms with Gasteiger partial charge in [0.05, 0.1) is 11.1 Å². The van der Waals surface area contributed by atoms with Crippen LogP contribution in [0.2, 0.25) is 0 Å². The molecule has 0 bridgehead atoms. The van der Waals surface area contributed by atoms with Crippen LogP contribution in [0.15, 0.2) is 60.8 Å². The van der Waals surface area contributed by atoms with Crippen LogP contribution in [0.25, 0.3) is 10.9 Å². The van der Waals surface area contributed by atoms with E-state index in [-0.39, 0.29) is 5.91 Å². The molecular formula is C20H17N3O4. The van der Waals surface area contributed by atoms with Gasteiger partial charge in [-0.3, -0.25) is 14.6 Å². The van der Waals surface area contributed by atoms with Gasteiger partial charge in [0, 0.05) is 29.9 Å². The highest BCUT2D eigenvalue weighted by Gasteiger charge is 2.14. The standard InChI is InChI=1S/C20H17N3O4/c1-21-19(25)14-7-9-15(10-8-14)23-17(24)12-27-20(26)16-6-2-4-13-5-3-11-22-18(13)16/h2-11H,12H2,1H3,(H,21,25)(H,23,24).